The highest BCUT2D eigenvalue weighted by Crippen LogP contribution is 2.28. The van der Waals surface area contributed by atoms with E-state index in [2.05, 4.69) is 34.5 Å². The summed E-state index contributed by atoms with van der Waals surface area (Å²) in [6.07, 6.45) is 1.25. The molecular formula is C12H20N4S. The van der Waals surface area contributed by atoms with E-state index in [0.29, 0.717) is 6.04 Å². The van der Waals surface area contributed by atoms with Crippen molar-refractivity contribution in [3.63, 3.8) is 0 Å². The lowest BCUT2D eigenvalue weighted by Crippen LogP contribution is -2.38. The van der Waals surface area contributed by atoms with Crippen LogP contribution in [0.3, 0.4) is 0 Å². The maximum Gasteiger partial charge on any atom is 0.191 e. The lowest BCUT2D eigenvalue weighted by atomic mass is 10.4. The molecule has 1 saturated carbocycles. The van der Waals surface area contributed by atoms with Gasteiger partial charge >= 0.3 is 0 Å². The predicted molar refractivity (Wildman–Crippen MR) is 72.5 cm³/mol. The highest BCUT2D eigenvalue weighted by atomic mass is 32.1. The summed E-state index contributed by atoms with van der Waals surface area (Å²) in [6.45, 7) is 7.15. The quantitative estimate of drug-likeness (QED) is 0.637. The fourth-order valence-corrected chi connectivity index (χ4v) is 2.67. The van der Waals surface area contributed by atoms with Crippen molar-refractivity contribution in [1.82, 2.24) is 15.6 Å². The van der Waals surface area contributed by atoms with Gasteiger partial charge in [0.1, 0.15) is 0 Å². The fourth-order valence-electron chi connectivity index (χ4n) is 1.79. The van der Waals surface area contributed by atoms with Crippen molar-refractivity contribution in [2.45, 2.75) is 39.8 Å². The second kappa shape index (κ2) is 5.04. The van der Waals surface area contributed by atoms with Crippen LogP contribution in [0.5, 0.6) is 0 Å². The van der Waals surface area contributed by atoms with E-state index < -0.39 is 0 Å². The third-order valence-electron chi connectivity index (χ3n) is 3.07. The highest BCUT2D eigenvalue weighted by molar-refractivity contribution is 7.11. The number of hydrogen-bond acceptors (Lipinski definition) is 3. The van der Waals surface area contributed by atoms with Crippen LogP contribution in [0.2, 0.25) is 0 Å². The van der Waals surface area contributed by atoms with E-state index in [1.807, 2.05) is 14.0 Å². The number of rotatable bonds is 3. The van der Waals surface area contributed by atoms with Crippen molar-refractivity contribution < 1.29 is 0 Å². The molecule has 94 valence electrons. The van der Waals surface area contributed by atoms with Gasteiger partial charge in [0, 0.05) is 18.0 Å². The molecule has 0 amide bonds. The topological polar surface area (TPSA) is 49.3 Å². The number of aromatic nitrogens is 1. The zero-order valence-electron chi connectivity index (χ0n) is 10.9. The van der Waals surface area contributed by atoms with Crippen molar-refractivity contribution in [1.29, 1.82) is 0 Å². The van der Waals surface area contributed by atoms with E-state index >= 15 is 0 Å². The summed E-state index contributed by atoms with van der Waals surface area (Å²) in [5.74, 6) is 1.67. The summed E-state index contributed by atoms with van der Waals surface area (Å²) in [5.41, 5.74) is 1.12. The molecule has 1 aliphatic carbocycles. The molecule has 1 fully saturated rings. The Bertz CT molecular complexity index is 424. The molecule has 2 atom stereocenters. The van der Waals surface area contributed by atoms with Crippen LogP contribution >= 0.6 is 11.3 Å². The van der Waals surface area contributed by atoms with Gasteiger partial charge in [-0.05, 0) is 26.2 Å². The number of nitrogens with zero attached hydrogens (tertiary/aromatic N) is 2. The standard InChI is InChI=1S/C12H20N4S/c1-7-5-10(7)16-12(13-4)14-6-11-8(2)15-9(3)17-11/h7,10H,5-6H2,1-4H3,(H2,13,14,16). The Kier molecular flexibility index (Phi) is 3.66. The molecule has 2 rings (SSSR count). The Hall–Kier alpha value is -1.10. The normalized spacial score (nSPS) is 23.6. The maximum absolute atomic E-state index is 4.42. The first-order chi connectivity index (χ1) is 8.10. The van der Waals surface area contributed by atoms with E-state index in [1.165, 1.54) is 11.3 Å². The average molecular weight is 252 g/mol. The Labute approximate surface area is 107 Å². The minimum atomic E-state index is 0.602. The molecule has 0 saturated heterocycles. The number of aliphatic imine (C=N–C) groups is 1. The zero-order chi connectivity index (χ0) is 12.4. The average Bonchev–Trinajstić information content (AvgIpc) is 2.87. The van der Waals surface area contributed by atoms with E-state index in [0.717, 1.165) is 29.1 Å². The van der Waals surface area contributed by atoms with E-state index in [-0.39, 0.29) is 0 Å². The molecule has 1 aromatic heterocycles. The molecule has 4 nitrogen and oxygen atoms in total. The van der Waals surface area contributed by atoms with Gasteiger partial charge in [-0.25, -0.2) is 4.98 Å². The van der Waals surface area contributed by atoms with Crippen molar-refractivity contribution in [3.8, 4) is 0 Å². The molecular weight excluding hydrogens is 232 g/mol. The van der Waals surface area contributed by atoms with Crippen LogP contribution in [-0.4, -0.2) is 24.0 Å². The van der Waals surface area contributed by atoms with E-state index in [9.17, 15) is 0 Å². The summed E-state index contributed by atoms with van der Waals surface area (Å²) in [4.78, 5) is 9.94. The lowest BCUT2D eigenvalue weighted by molar-refractivity contribution is 0.765. The Morgan fingerprint density at radius 1 is 1.53 bits per heavy atom. The Morgan fingerprint density at radius 2 is 2.24 bits per heavy atom. The largest absolute Gasteiger partial charge is 0.353 e. The van der Waals surface area contributed by atoms with Crippen molar-refractivity contribution in [2.24, 2.45) is 10.9 Å². The molecule has 1 aromatic rings. The first-order valence-corrected chi connectivity index (χ1v) is 6.82. The molecule has 2 N–H and O–H groups in total. The summed E-state index contributed by atoms with van der Waals surface area (Å²) in [7, 11) is 1.81. The summed E-state index contributed by atoms with van der Waals surface area (Å²) in [5, 5.41) is 7.87. The van der Waals surface area contributed by atoms with E-state index in [1.54, 1.807) is 11.3 Å². The smallest absolute Gasteiger partial charge is 0.191 e. The lowest BCUT2D eigenvalue weighted by Gasteiger charge is -2.10. The van der Waals surface area contributed by atoms with Gasteiger partial charge in [-0.15, -0.1) is 11.3 Å². The van der Waals surface area contributed by atoms with Gasteiger partial charge in [0.15, 0.2) is 5.96 Å². The molecule has 0 aromatic carbocycles. The summed E-state index contributed by atoms with van der Waals surface area (Å²) >= 11 is 1.75. The third-order valence-corrected chi connectivity index (χ3v) is 4.14. The SMILES string of the molecule is CN=C(NCc1sc(C)nc1C)NC1CC1C. The minimum absolute atomic E-state index is 0.602. The molecule has 0 bridgehead atoms. The number of thiazole rings is 1. The molecule has 17 heavy (non-hydrogen) atoms. The number of nitrogens with one attached hydrogen (secondary N) is 2. The first-order valence-electron chi connectivity index (χ1n) is 6.00. The van der Waals surface area contributed by atoms with Gasteiger partial charge in [0.2, 0.25) is 0 Å². The molecule has 0 aliphatic heterocycles. The van der Waals surface area contributed by atoms with Crippen LogP contribution in [0.25, 0.3) is 0 Å². The zero-order valence-corrected chi connectivity index (χ0v) is 11.7. The summed E-state index contributed by atoms with van der Waals surface area (Å²) < 4.78 is 0. The molecule has 1 aliphatic rings. The van der Waals surface area contributed by atoms with Gasteiger partial charge < -0.3 is 10.6 Å². The molecule has 0 spiro atoms. The van der Waals surface area contributed by atoms with Gasteiger partial charge in [0.25, 0.3) is 0 Å². The minimum Gasteiger partial charge on any atom is -0.353 e. The molecule has 0 radical (unpaired) electrons. The van der Waals surface area contributed by atoms with Crippen molar-refractivity contribution >= 4 is 17.3 Å². The van der Waals surface area contributed by atoms with Gasteiger partial charge in [-0.3, -0.25) is 4.99 Å². The van der Waals surface area contributed by atoms with Crippen LogP contribution in [0.15, 0.2) is 4.99 Å². The first kappa shape index (κ1) is 12.4. The van der Waals surface area contributed by atoms with Crippen LogP contribution in [0.1, 0.15) is 28.9 Å². The second-order valence-electron chi connectivity index (χ2n) is 4.63. The fraction of sp³-hybridized carbons (Fsp3) is 0.667. The van der Waals surface area contributed by atoms with Gasteiger partial charge in [0.05, 0.1) is 17.2 Å². The number of hydrogen-bond donors (Lipinski definition) is 2. The third kappa shape index (κ3) is 3.19. The predicted octanol–water partition coefficient (Wildman–Crippen LogP) is 1.83. The van der Waals surface area contributed by atoms with Crippen LogP contribution in [0.4, 0.5) is 0 Å². The molecule has 2 unspecified atom stereocenters. The second-order valence-corrected chi connectivity index (χ2v) is 5.92. The van der Waals surface area contributed by atoms with Crippen LogP contribution < -0.4 is 10.6 Å². The van der Waals surface area contributed by atoms with Gasteiger partial charge in [-0.2, -0.15) is 0 Å². The summed E-state index contributed by atoms with van der Waals surface area (Å²) in [6, 6.07) is 0.602. The Morgan fingerprint density at radius 3 is 2.71 bits per heavy atom. The van der Waals surface area contributed by atoms with Crippen LogP contribution in [-0.2, 0) is 6.54 Å². The van der Waals surface area contributed by atoms with Crippen molar-refractivity contribution in [2.75, 3.05) is 7.05 Å². The maximum atomic E-state index is 4.42. The van der Waals surface area contributed by atoms with Crippen LogP contribution in [0, 0.1) is 19.8 Å². The van der Waals surface area contributed by atoms with E-state index in [4.69, 9.17) is 0 Å². The number of aryl methyl sites for hydroxylation is 2. The Balaban J connectivity index is 1.85. The molecule has 1 heterocycles. The van der Waals surface area contributed by atoms with Gasteiger partial charge in [-0.1, -0.05) is 6.92 Å². The highest BCUT2D eigenvalue weighted by Gasteiger charge is 2.33. The number of guanidine groups is 1. The van der Waals surface area contributed by atoms with Crippen molar-refractivity contribution in [3.05, 3.63) is 15.6 Å². The monoisotopic (exact) mass is 252 g/mol. The molecule has 5 heteroatoms.